The van der Waals surface area contributed by atoms with Crippen molar-refractivity contribution in [1.29, 1.82) is 0 Å². The van der Waals surface area contributed by atoms with Gasteiger partial charge >= 0.3 is 0 Å². The number of thiophene rings is 1. The van der Waals surface area contributed by atoms with Crippen molar-refractivity contribution < 1.29 is 0 Å². The third-order valence-electron chi connectivity index (χ3n) is 11.2. The second-order valence-corrected chi connectivity index (χ2v) is 17.5. The van der Waals surface area contributed by atoms with Crippen LogP contribution in [0.5, 0.6) is 0 Å². The maximum Gasteiger partial charge on any atom is 0.0647 e. The first-order valence-electron chi connectivity index (χ1n) is 16.3. The van der Waals surface area contributed by atoms with Gasteiger partial charge in [0.1, 0.15) is 0 Å². The molecule has 228 valence electrons. The first-order chi connectivity index (χ1) is 20.6. The standard InChI is InChI=1S/C41H46ClNS/c1-25-18-30-32(40(6,7)16-14-38(30,2)3)22-35(25)43(27-19-26-12-10-11-13-28(26)34(42)20-27)36-24-44-37-23-33-31(21-29(36)37)39(4,5)15-17-41(33,8)9/h10-13,18-24H,14-17H2,1-9H3. The Morgan fingerprint density at radius 2 is 1.16 bits per heavy atom. The van der Waals surface area contributed by atoms with Crippen LogP contribution in [0.3, 0.4) is 0 Å². The minimum absolute atomic E-state index is 0.116. The van der Waals surface area contributed by atoms with Crippen LogP contribution >= 0.6 is 22.9 Å². The van der Waals surface area contributed by atoms with E-state index < -0.39 is 0 Å². The maximum atomic E-state index is 7.05. The van der Waals surface area contributed by atoms with E-state index in [9.17, 15) is 0 Å². The third kappa shape index (κ3) is 4.62. The number of benzene rings is 4. The fourth-order valence-corrected chi connectivity index (χ4v) is 9.22. The van der Waals surface area contributed by atoms with Gasteiger partial charge in [0.15, 0.2) is 0 Å². The van der Waals surface area contributed by atoms with E-state index in [1.54, 1.807) is 0 Å². The molecule has 0 radical (unpaired) electrons. The smallest absolute Gasteiger partial charge is 0.0647 e. The highest BCUT2D eigenvalue weighted by Crippen LogP contribution is 2.53. The summed E-state index contributed by atoms with van der Waals surface area (Å²) in [7, 11) is 0. The quantitative estimate of drug-likeness (QED) is 0.194. The van der Waals surface area contributed by atoms with Gasteiger partial charge in [-0.1, -0.05) is 97.3 Å². The van der Waals surface area contributed by atoms with E-state index in [4.69, 9.17) is 11.6 Å². The van der Waals surface area contributed by atoms with Crippen molar-refractivity contribution >= 4 is 60.9 Å². The molecule has 0 bridgehead atoms. The minimum atomic E-state index is 0.116. The molecule has 1 heterocycles. The zero-order valence-electron chi connectivity index (χ0n) is 27.9. The van der Waals surface area contributed by atoms with Gasteiger partial charge in [-0.2, -0.15) is 0 Å². The van der Waals surface area contributed by atoms with Crippen molar-refractivity contribution in [3.63, 3.8) is 0 Å². The Labute approximate surface area is 273 Å². The molecule has 0 fully saturated rings. The number of hydrogen-bond donors (Lipinski definition) is 0. The van der Waals surface area contributed by atoms with Crippen LogP contribution in [0, 0.1) is 6.92 Å². The van der Waals surface area contributed by atoms with Gasteiger partial charge in [-0.05, 0) is 118 Å². The van der Waals surface area contributed by atoms with Gasteiger partial charge in [-0.3, -0.25) is 0 Å². The summed E-state index contributed by atoms with van der Waals surface area (Å²) in [5.74, 6) is 0. The lowest BCUT2D eigenvalue weighted by molar-refractivity contribution is 0.332. The van der Waals surface area contributed by atoms with Crippen LogP contribution in [0.15, 0.2) is 66.0 Å². The number of hydrogen-bond acceptors (Lipinski definition) is 2. The molecule has 0 saturated heterocycles. The van der Waals surface area contributed by atoms with E-state index >= 15 is 0 Å². The van der Waals surface area contributed by atoms with Crippen LogP contribution in [0.25, 0.3) is 20.9 Å². The number of fused-ring (bicyclic) bond motifs is 4. The molecule has 5 aromatic rings. The number of rotatable bonds is 3. The van der Waals surface area contributed by atoms with E-state index in [0.717, 1.165) is 21.5 Å². The van der Waals surface area contributed by atoms with Crippen molar-refractivity contribution in [1.82, 2.24) is 0 Å². The van der Waals surface area contributed by atoms with Crippen LogP contribution in [0.2, 0.25) is 5.02 Å². The van der Waals surface area contributed by atoms with Gasteiger partial charge in [0.05, 0.1) is 10.7 Å². The first-order valence-corrected chi connectivity index (χ1v) is 17.6. The lowest BCUT2D eigenvalue weighted by atomic mass is 9.62. The molecule has 1 nitrogen and oxygen atoms in total. The van der Waals surface area contributed by atoms with Gasteiger partial charge in [0, 0.05) is 32.2 Å². The summed E-state index contributed by atoms with van der Waals surface area (Å²) >= 11 is 8.92. The van der Waals surface area contributed by atoms with Gasteiger partial charge in [-0.25, -0.2) is 0 Å². The molecule has 3 heteroatoms. The largest absolute Gasteiger partial charge is 0.309 e. The van der Waals surface area contributed by atoms with Crippen molar-refractivity contribution in [3.8, 4) is 0 Å². The first kappa shape index (κ1) is 29.9. The summed E-state index contributed by atoms with van der Waals surface area (Å²) in [4.78, 5) is 2.51. The molecule has 44 heavy (non-hydrogen) atoms. The highest BCUT2D eigenvalue weighted by atomic mass is 35.5. The molecule has 0 saturated carbocycles. The highest BCUT2D eigenvalue weighted by molar-refractivity contribution is 7.17. The summed E-state index contributed by atoms with van der Waals surface area (Å²) in [6, 6.07) is 23.0. The van der Waals surface area contributed by atoms with E-state index in [2.05, 4.69) is 133 Å². The number of aryl methyl sites for hydroxylation is 1. The summed E-state index contributed by atoms with van der Waals surface area (Å²) in [6.45, 7) is 21.7. The zero-order chi connectivity index (χ0) is 31.4. The summed E-state index contributed by atoms with van der Waals surface area (Å²) in [5.41, 5.74) is 11.5. The molecule has 0 unspecified atom stereocenters. The lowest BCUT2D eigenvalue weighted by Gasteiger charge is -2.43. The van der Waals surface area contributed by atoms with Crippen LogP contribution in [0.1, 0.15) is 109 Å². The van der Waals surface area contributed by atoms with Gasteiger partial charge < -0.3 is 4.90 Å². The molecule has 1 aromatic heterocycles. The Morgan fingerprint density at radius 3 is 1.80 bits per heavy atom. The SMILES string of the molecule is Cc1cc2c(cc1N(c1cc(Cl)c3ccccc3c1)c1csc3cc4c(cc13)C(C)(C)CCC4(C)C)C(C)(C)CCC2(C)C. The average Bonchev–Trinajstić information content (AvgIpc) is 3.37. The third-order valence-corrected chi connectivity index (χ3v) is 12.5. The lowest BCUT2D eigenvalue weighted by Crippen LogP contribution is -2.34. The molecule has 4 aromatic carbocycles. The summed E-state index contributed by atoms with van der Waals surface area (Å²) in [6.07, 6.45) is 4.83. The fourth-order valence-electron chi connectivity index (χ4n) is 7.99. The Morgan fingerprint density at radius 1 is 0.614 bits per heavy atom. The highest BCUT2D eigenvalue weighted by Gasteiger charge is 2.40. The molecule has 2 aliphatic rings. The van der Waals surface area contributed by atoms with Gasteiger partial charge in [-0.15, -0.1) is 11.3 Å². The molecule has 0 N–H and O–H groups in total. The van der Waals surface area contributed by atoms with Crippen molar-refractivity contribution in [2.24, 2.45) is 0 Å². The minimum Gasteiger partial charge on any atom is -0.309 e. The van der Waals surface area contributed by atoms with Crippen LogP contribution in [-0.4, -0.2) is 0 Å². The van der Waals surface area contributed by atoms with Gasteiger partial charge in [0.2, 0.25) is 0 Å². The molecular formula is C41H46ClNS. The summed E-state index contributed by atoms with van der Waals surface area (Å²) < 4.78 is 1.36. The Hall–Kier alpha value is -2.81. The van der Waals surface area contributed by atoms with Gasteiger partial charge in [0.25, 0.3) is 0 Å². The topological polar surface area (TPSA) is 3.24 Å². The molecule has 0 atom stereocenters. The van der Waals surface area contributed by atoms with Crippen molar-refractivity contribution in [2.75, 3.05) is 4.90 Å². The second kappa shape index (κ2) is 9.84. The van der Waals surface area contributed by atoms with E-state index in [1.807, 2.05) is 11.3 Å². The molecule has 7 rings (SSSR count). The molecule has 0 spiro atoms. The van der Waals surface area contributed by atoms with E-state index in [0.29, 0.717) is 0 Å². The average molecular weight is 620 g/mol. The van der Waals surface area contributed by atoms with Crippen LogP contribution < -0.4 is 4.90 Å². The number of nitrogens with zero attached hydrogens (tertiary/aromatic N) is 1. The van der Waals surface area contributed by atoms with Crippen molar-refractivity contribution in [2.45, 2.75) is 110 Å². The Balaban J connectivity index is 1.54. The van der Waals surface area contributed by atoms with E-state index in [-0.39, 0.29) is 21.7 Å². The molecule has 0 aliphatic heterocycles. The zero-order valence-corrected chi connectivity index (χ0v) is 29.5. The van der Waals surface area contributed by atoms with Crippen LogP contribution in [-0.2, 0) is 21.7 Å². The normalized spacial score (nSPS) is 19.5. The Bertz CT molecular complexity index is 1950. The molecule has 2 aliphatic carbocycles. The number of halogens is 1. The van der Waals surface area contributed by atoms with Crippen LogP contribution in [0.4, 0.5) is 17.1 Å². The molecular weight excluding hydrogens is 574 g/mol. The maximum absolute atomic E-state index is 7.05. The van der Waals surface area contributed by atoms with Crippen molar-refractivity contribution in [3.05, 3.63) is 98.9 Å². The Kier molecular flexibility index (Phi) is 6.68. The fraction of sp³-hybridized carbons (Fsp3) is 0.415. The molecule has 0 amide bonds. The predicted octanol–water partition coefficient (Wildman–Crippen LogP) is 13.2. The summed E-state index contributed by atoms with van der Waals surface area (Å²) in [5, 5.41) is 6.76. The second-order valence-electron chi connectivity index (χ2n) is 16.2. The monoisotopic (exact) mass is 619 g/mol. The predicted molar refractivity (Wildman–Crippen MR) is 194 cm³/mol. The van der Waals surface area contributed by atoms with E-state index in [1.165, 1.54) is 75.0 Å². The number of anilines is 3.